The molecule has 2 aliphatic rings. The Balaban J connectivity index is 1.28. The number of benzene rings is 2. The molecule has 8 nitrogen and oxygen atoms in total. The first-order chi connectivity index (χ1) is 14.6. The lowest BCUT2D eigenvalue weighted by molar-refractivity contribution is -0.125. The molecule has 1 fully saturated rings. The van der Waals surface area contributed by atoms with Crippen LogP contribution in [0.2, 0.25) is 0 Å². The van der Waals surface area contributed by atoms with Gasteiger partial charge in [0.05, 0.1) is 4.91 Å². The van der Waals surface area contributed by atoms with Crippen molar-refractivity contribution >= 4 is 34.9 Å². The van der Waals surface area contributed by atoms with Gasteiger partial charge in [0.15, 0.2) is 18.1 Å². The van der Waals surface area contributed by atoms with E-state index in [-0.39, 0.29) is 37.6 Å². The Morgan fingerprint density at radius 2 is 1.93 bits per heavy atom. The second-order valence-corrected chi connectivity index (χ2v) is 7.39. The van der Waals surface area contributed by atoms with Gasteiger partial charge in [0, 0.05) is 13.1 Å². The number of imide groups is 1. The highest BCUT2D eigenvalue weighted by Gasteiger charge is 2.34. The third-order valence-corrected chi connectivity index (χ3v) is 5.25. The van der Waals surface area contributed by atoms with Crippen molar-refractivity contribution < 1.29 is 28.6 Å². The lowest BCUT2D eigenvalue weighted by atomic mass is 10.2. The fraction of sp³-hybridized carbons (Fsp3) is 0.190. The number of carbonyl (C=O) groups is 3. The number of para-hydroxylation sites is 1. The molecule has 1 saturated heterocycles. The van der Waals surface area contributed by atoms with E-state index in [1.165, 1.54) is 0 Å². The molecule has 0 bridgehead atoms. The van der Waals surface area contributed by atoms with E-state index in [2.05, 4.69) is 5.32 Å². The SMILES string of the molecule is O=C(COc1ccccc1)NCCN1C(=O)S/C(=C\c2ccc3c(c2)OCO3)C1=O. The smallest absolute Gasteiger partial charge is 0.293 e. The van der Waals surface area contributed by atoms with Crippen molar-refractivity contribution in [1.82, 2.24) is 10.2 Å². The minimum Gasteiger partial charge on any atom is -0.484 e. The summed E-state index contributed by atoms with van der Waals surface area (Å²) >= 11 is 0.865. The molecule has 0 spiro atoms. The minimum absolute atomic E-state index is 0.0836. The highest BCUT2D eigenvalue weighted by atomic mass is 32.2. The van der Waals surface area contributed by atoms with Crippen LogP contribution in [-0.4, -0.2) is 48.4 Å². The molecular weight excluding hydrogens is 408 g/mol. The van der Waals surface area contributed by atoms with E-state index in [4.69, 9.17) is 14.2 Å². The topological polar surface area (TPSA) is 94.2 Å². The number of rotatable bonds is 7. The van der Waals surface area contributed by atoms with Crippen molar-refractivity contribution in [3.05, 3.63) is 59.0 Å². The van der Waals surface area contributed by atoms with Crippen LogP contribution >= 0.6 is 11.8 Å². The number of nitrogens with one attached hydrogen (secondary N) is 1. The molecule has 0 aromatic heterocycles. The zero-order chi connectivity index (χ0) is 20.9. The van der Waals surface area contributed by atoms with Crippen molar-refractivity contribution in [2.75, 3.05) is 26.5 Å². The fourth-order valence-electron chi connectivity index (χ4n) is 2.87. The molecule has 0 radical (unpaired) electrons. The van der Waals surface area contributed by atoms with E-state index in [0.29, 0.717) is 22.2 Å². The zero-order valence-corrected chi connectivity index (χ0v) is 16.6. The number of thioether (sulfide) groups is 1. The lowest BCUT2D eigenvalue weighted by Gasteiger charge is -2.13. The van der Waals surface area contributed by atoms with E-state index in [1.54, 1.807) is 36.4 Å². The van der Waals surface area contributed by atoms with Crippen LogP contribution in [0.5, 0.6) is 17.2 Å². The van der Waals surface area contributed by atoms with E-state index in [9.17, 15) is 14.4 Å². The molecule has 2 aliphatic heterocycles. The van der Waals surface area contributed by atoms with Crippen molar-refractivity contribution in [3.8, 4) is 17.2 Å². The van der Waals surface area contributed by atoms with Crippen LogP contribution in [0.4, 0.5) is 4.79 Å². The number of hydrogen-bond acceptors (Lipinski definition) is 7. The van der Waals surface area contributed by atoms with Gasteiger partial charge in [-0.1, -0.05) is 24.3 Å². The maximum atomic E-state index is 12.6. The van der Waals surface area contributed by atoms with Gasteiger partial charge in [-0.05, 0) is 47.7 Å². The van der Waals surface area contributed by atoms with Gasteiger partial charge >= 0.3 is 0 Å². The van der Waals surface area contributed by atoms with E-state index in [1.807, 2.05) is 18.2 Å². The van der Waals surface area contributed by atoms with Gasteiger partial charge in [0.2, 0.25) is 6.79 Å². The van der Waals surface area contributed by atoms with Crippen LogP contribution in [0.25, 0.3) is 6.08 Å². The quantitative estimate of drug-likeness (QED) is 0.680. The summed E-state index contributed by atoms with van der Waals surface area (Å²) in [7, 11) is 0. The van der Waals surface area contributed by atoms with Crippen molar-refractivity contribution in [2.45, 2.75) is 0 Å². The molecule has 1 N–H and O–H groups in total. The molecule has 2 aromatic carbocycles. The number of ether oxygens (including phenoxy) is 3. The average Bonchev–Trinajstić information content (AvgIpc) is 3.32. The first kappa shape index (κ1) is 19.8. The maximum absolute atomic E-state index is 12.6. The first-order valence-corrected chi connectivity index (χ1v) is 10.0. The fourth-order valence-corrected chi connectivity index (χ4v) is 3.74. The monoisotopic (exact) mass is 426 g/mol. The second kappa shape index (κ2) is 8.91. The standard InChI is InChI=1S/C21H18N2O6S/c24-19(12-27-15-4-2-1-3-5-15)22-8-9-23-20(25)18(30-21(23)26)11-14-6-7-16-17(10-14)29-13-28-16/h1-7,10-11H,8-9,12-13H2,(H,22,24)/b18-11-. The molecule has 0 unspecified atom stereocenters. The molecule has 9 heteroatoms. The van der Waals surface area contributed by atoms with E-state index < -0.39 is 5.91 Å². The van der Waals surface area contributed by atoms with Crippen LogP contribution in [0.1, 0.15) is 5.56 Å². The van der Waals surface area contributed by atoms with Crippen molar-refractivity contribution in [1.29, 1.82) is 0 Å². The van der Waals surface area contributed by atoms with Crippen molar-refractivity contribution in [3.63, 3.8) is 0 Å². The van der Waals surface area contributed by atoms with Gasteiger partial charge in [-0.15, -0.1) is 0 Å². The van der Waals surface area contributed by atoms with Gasteiger partial charge in [-0.3, -0.25) is 19.3 Å². The Hall–Kier alpha value is -3.46. The zero-order valence-electron chi connectivity index (χ0n) is 15.8. The molecule has 154 valence electrons. The predicted molar refractivity (Wildman–Crippen MR) is 110 cm³/mol. The molecule has 2 heterocycles. The van der Waals surface area contributed by atoms with Crippen LogP contribution in [-0.2, 0) is 9.59 Å². The summed E-state index contributed by atoms with van der Waals surface area (Å²) < 4.78 is 15.9. The molecule has 2 aromatic rings. The summed E-state index contributed by atoms with van der Waals surface area (Å²) in [5, 5.41) is 2.27. The highest BCUT2D eigenvalue weighted by molar-refractivity contribution is 8.18. The summed E-state index contributed by atoms with van der Waals surface area (Å²) in [6.07, 6.45) is 1.64. The Morgan fingerprint density at radius 3 is 2.77 bits per heavy atom. The molecule has 0 atom stereocenters. The summed E-state index contributed by atoms with van der Waals surface area (Å²) in [4.78, 5) is 38.1. The maximum Gasteiger partial charge on any atom is 0.293 e. The van der Waals surface area contributed by atoms with Crippen molar-refractivity contribution in [2.24, 2.45) is 0 Å². The molecule has 3 amide bonds. The Morgan fingerprint density at radius 1 is 1.13 bits per heavy atom. The van der Waals surface area contributed by atoms with E-state index in [0.717, 1.165) is 22.2 Å². The number of fused-ring (bicyclic) bond motifs is 1. The second-order valence-electron chi connectivity index (χ2n) is 6.40. The predicted octanol–water partition coefficient (Wildman–Crippen LogP) is 2.65. The lowest BCUT2D eigenvalue weighted by Crippen LogP contribution is -2.38. The summed E-state index contributed by atoms with van der Waals surface area (Å²) in [6, 6.07) is 14.3. The highest BCUT2D eigenvalue weighted by Crippen LogP contribution is 2.36. The van der Waals surface area contributed by atoms with Crippen LogP contribution in [0.15, 0.2) is 53.4 Å². The number of hydrogen-bond donors (Lipinski definition) is 1. The summed E-state index contributed by atoms with van der Waals surface area (Å²) in [5.74, 6) is 1.11. The van der Waals surface area contributed by atoms with Gasteiger partial charge in [0.25, 0.3) is 17.1 Å². The summed E-state index contributed by atoms with van der Waals surface area (Å²) in [5.41, 5.74) is 0.733. The molecule has 30 heavy (non-hydrogen) atoms. The Kier molecular flexibility index (Phi) is 5.89. The van der Waals surface area contributed by atoms with Crippen LogP contribution < -0.4 is 19.5 Å². The molecule has 4 rings (SSSR count). The normalized spacial score (nSPS) is 16.3. The molecule has 0 aliphatic carbocycles. The molecule has 0 saturated carbocycles. The molecular formula is C21H18N2O6S. The van der Waals surface area contributed by atoms with Crippen LogP contribution in [0, 0.1) is 0 Å². The Labute approximate surface area is 176 Å². The third-order valence-electron chi connectivity index (χ3n) is 4.34. The summed E-state index contributed by atoms with van der Waals surface area (Å²) in [6.45, 7) is 0.250. The number of carbonyl (C=O) groups excluding carboxylic acids is 3. The third kappa shape index (κ3) is 4.57. The number of nitrogens with zero attached hydrogens (tertiary/aromatic N) is 1. The van der Waals surface area contributed by atoms with Gasteiger partial charge in [-0.25, -0.2) is 0 Å². The number of amides is 3. The van der Waals surface area contributed by atoms with Gasteiger partial charge in [-0.2, -0.15) is 0 Å². The van der Waals surface area contributed by atoms with Crippen LogP contribution in [0.3, 0.4) is 0 Å². The van der Waals surface area contributed by atoms with Gasteiger partial charge < -0.3 is 19.5 Å². The van der Waals surface area contributed by atoms with E-state index >= 15 is 0 Å². The average molecular weight is 426 g/mol. The Bertz CT molecular complexity index is 1010. The largest absolute Gasteiger partial charge is 0.484 e. The van der Waals surface area contributed by atoms with Gasteiger partial charge in [0.1, 0.15) is 5.75 Å². The first-order valence-electron chi connectivity index (χ1n) is 9.20. The minimum atomic E-state index is -0.391.